The van der Waals surface area contributed by atoms with E-state index in [1.165, 1.54) is 12.1 Å². The molecule has 0 heterocycles. The first-order valence-corrected chi connectivity index (χ1v) is 6.24. The molecular formula is C14H12ClF3N2. The van der Waals surface area contributed by atoms with Crippen LogP contribution in [0.5, 0.6) is 0 Å². The second-order valence-electron chi connectivity index (χ2n) is 4.14. The third-order valence-electron chi connectivity index (χ3n) is 2.66. The fourth-order valence-corrected chi connectivity index (χ4v) is 1.94. The minimum atomic E-state index is -4.39. The molecule has 6 heteroatoms. The maximum atomic E-state index is 12.8. The van der Waals surface area contributed by atoms with E-state index in [4.69, 9.17) is 11.6 Å². The van der Waals surface area contributed by atoms with Crippen molar-refractivity contribution >= 4 is 17.3 Å². The van der Waals surface area contributed by atoms with Gasteiger partial charge in [0.2, 0.25) is 0 Å². The van der Waals surface area contributed by atoms with Crippen LogP contribution in [0.15, 0.2) is 48.5 Å². The van der Waals surface area contributed by atoms with Crippen molar-refractivity contribution in [2.45, 2.75) is 12.7 Å². The van der Waals surface area contributed by atoms with Gasteiger partial charge in [-0.1, -0.05) is 29.8 Å². The monoisotopic (exact) mass is 300 g/mol. The van der Waals surface area contributed by atoms with Crippen LogP contribution >= 0.6 is 11.6 Å². The van der Waals surface area contributed by atoms with Crippen LogP contribution in [-0.2, 0) is 12.7 Å². The molecule has 0 bridgehead atoms. The molecule has 106 valence electrons. The molecular weight excluding hydrogens is 289 g/mol. The molecule has 2 aromatic rings. The predicted octanol–water partition coefficient (Wildman–Crippen LogP) is 4.48. The molecule has 0 spiro atoms. The van der Waals surface area contributed by atoms with Crippen molar-refractivity contribution in [3.63, 3.8) is 0 Å². The number of benzene rings is 2. The summed E-state index contributed by atoms with van der Waals surface area (Å²) in [7, 11) is 0. The van der Waals surface area contributed by atoms with Crippen LogP contribution in [0.2, 0.25) is 5.02 Å². The van der Waals surface area contributed by atoms with Crippen molar-refractivity contribution < 1.29 is 13.2 Å². The lowest BCUT2D eigenvalue weighted by atomic mass is 10.1. The maximum Gasteiger partial charge on any atom is 0.416 e. The van der Waals surface area contributed by atoms with Crippen LogP contribution in [0, 0.1) is 0 Å². The van der Waals surface area contributed by atoms with Gasteiger partial charge in [0.15, 0.2) is 0 Å². The smallest absolute Gasteiger partial charge is 0.321 e. The van der Waals surface area contributed by atoms with E-state index in [0.29, 0.717) is 0 Å². The SMILES string of the molecule is FC(F)(F)c1ccc(Cl)cc1CNNc1ccccc1. The maximum absolute atomic E-state index is 12.8. The zero-order valence-corrected chi connectivity index (χ0v) is 11.1. The van der Waals surface area contributed by atoms with Gasteiger partial charge in [0.1, 0.15) is 0 Å². The van der Waals surface area contributed by atoms with Gasteiger partial charge in [0.05, 0.1) is 5.56 Å². The van der Waals surface area contributed by atoms with Crippen LogP contribution < -0.4 is 10.9 Å². The molecule has 0 amide bonds. The highest BCUT2D eigenvalue weighted by atomic mass is 35.5. The normalized spacial score (nSPS) is 11.4. The van der Waals surface area contributed by atoms with Crippen LogP contribution in [0.4, 0.5) is 18.9 Å². The summed E-state index contributed by atoms with van der Waals surface area (Å²) in [4.78, 5) is 0. The lowest BCUT2D eigenvalue weighted by Crippen LogP contribution is -2.23. The summed E-state index contributed by atoms with van der Waals surface area (Å²) in [6, 6.07) is 12.6. The van der Waals surface area contributed by atoms with Gasteiger partial charge in [-0.25, -0.2) is 5.43 Å². The minimum absolute atomic E-state index is 0.00426. The Morgan fingerprint density at radius 2 is 1.70 bits per heavy atom. The van der Waals surface area contributed by atoms with Gasteiger partial charge in [-0.05, 0) is 35.9 Å². The molecule has 0 atom stereocenters. The van der Waals surface area contributed by atoms with E-state index in [2.05, 4.69) is 10.9 Å². The molecule has 0 aromatic heterocycles. The second-order valence-corrected chi connectivity index (χ2v) is 4.58. The van der Waals surface area contributed by atoms with Gasteiger partial charge in [-0.15, -0.1) is 0 Å². The van der Waals surface area contributed by atoms with Crippen molar-refractivity contribution in [3.8, 4) is 0 Å². The van der Waals surface area contributed by atoms with Gasteiger partial charge in [-0.2, -0.15) is 13.2 Å². The summed E-state index contributed by atoms with van der Waals surface area (Å²) >= 11 is 5.75. The third kappa shape index (κ3) is 3.88. The van der Waals surface area contributed by atoms with Gasteiger partial charge >= 0.3 is 6.18 Å². The van der Waals surface area contributed by atoms with E-state index in [1.54, 1.807) is 12.1 Å². The van der Waals surface area contributed by atoms with E-state index >= 15 is 0 Å². The Bertz CT molecular complexity index is 570. The zero-order chi connectivity index (χ0) is 14.6. The number of nitrogens with one attached hydrogen (secondary N) is 2. The standard InChI is InChI=1S/C14H12ClF3N2/c15-11-6-7-13(14(16,17)18)10(8-11)9-19-20-12-4-2-1-3-5-12/h1-8,19-20H,9H2. The highest BCUT2D eigenvalue weighted by Crippen LogP contribution is 2.33. The van der Waals surface area contributed by atoms with Gasteiger partial charge in [0.25, 0.3) is 0 Å². The van der Waals surface area contributed by atoms with Crippen LogP contribution in [0.3, 0.4) is 0 Å². The summed E-state index contributed by atoms with van der Waals surface area (Å²) in [5.74, 6) is 0. The second kappa shape index (κ2) is 6.15. The Balaban J connectivity index is 2.07. The lowest BCUT2D eigenvalue weighted by molar-refractivity contribution is -0.138. The average molecular weight is 301 g/mol. The lowest BCUT2D eigenvalue weighted by Gasteiger charge is -2.14. The van der Waals surface area contributed by atoms with E-state index in [0.717, 1.165) is 11.8 Å². The number of alkyl halides is 3. The molecule has 0 aliphatic heterocycles. The van der Waals surface area contributed by atoms with E-state index in [1.807, 2.05) is 18.2 Å². The molecule has 0 radical (unpaired) electrons. The number of para-hydroxylation sites is 1. The molecule has 0 fully saturated rings. The van der Waals surface area contributed by atoms with Crippen molar-refractivity contribution in [1.29, 1.82) is 0 Å². The van der Waals surface area contributed by atoms with Gasteiger partial charge in [0, 0.05) is 17.3 Å². The number of hydrazine groups is 1. The Morgan fingerprint density at radius 1 is 1.00 bits per heavy atom. The van der Waals surface area contributed by atoms with Crippen molar-refractivity contribution in [2.24, 2.45) is 0 Å². The molecule has 2 nitrogen and oxygen atoms in total. The minimum Gasteiger partial charge on any atom is -0.321 e. The third-order valence-corrected chi connectivity index (χ3v) is 2.89. The fourth-order valence-electron chi connectivity index (χ4n) is 1.75. The van der Waals surface area contributed by atoms with Gasteiger partial charge < -0.3 is 5.43 Å². The van der Waals surface area contributed by atoms with Crippen LogP contribution in [0.1, 0.15) is 11.1 Å². The molecule has 2 N–H and O–H groups in total. The van der Waals surface area contributed by atoms with E-state index in [9.17, 15) is 13.2 Å². The summed E-state index contributed by atoms with van der Waals surface area (Å²) < 4.78 is 38.5. The first kappa shape index (κ1) is 14.7. The Hall–Kier alpha value is -1.72. The average Bonchev–Trinajstić information content (AvgIpc) is 2.38. The first-order chi connectivity index (χ1) is 9.47. The molecule has 20 heavy (non-hydrogen) atoms. The molecule has 2 rings (SSSR count). The Morgan fingerprint density at radius 3 is 2.35 bits per heavy atom. The summed E-state index contributed by atoms with van der Waals surface area (Å²) in [6.07, 6.45) is -4.39. The molecule has 0 saturated heterocycles. The molecule has 0 unspecified atom stereocenters. The summed E-state index contributed by atoms with van der Waals surface area (Å²) in [5, 5.41) is 0.273. The number of anilines is 1. The highest BCUT2D eigenvalue weighted by molar-refractivity contribution is 6.30. The molecule has 0 saturated carbocycles. The van der Waals surface area contributed by atoms with Crippen LogP contribution in [-0.4, -0.2) is 0 Å². The molecule has 0 aliphatic carbocycles. The Kier molecular flexibility index (Phi) is 4.52. The first-order valence-electron chi connectivity index (χ1n) is 5.86. The largest absolute Gasteiger partial charge is 0.416 e. The van der Waals surface area contributed by atoms with Crippen molar-refractivity contribution in [1.82, 2.24) is 5.43 Å². The number of halogens is 4. The molecule has 0 aliphatic rings. The van der Waals surface area contributed by atoms with Crippen molar-refractivity contribution in [3.05, 3.63) is 64.7 Å². The van der Waals surface area contributed by atoms with Crippen LogP contribution in [0.25, 0.3) is 0 Å². The van der Waals surface area contributed by atoms with Crippen molar-refractivity contribution in [2.75, 3.05) is 5.43 Å². The quantitative estimate of drug-likeness (QED) is 0.814. The topological polar surface area (TPSA) is 24.1 Å². The number of hydrogen-bond acceptors (Lipinski definition) is 2. The highest BCUT2D eigenvalue weighted by Gasteiger charge is 2.33. The van der Waals surface area contributed by atoms with E-state index in [-0.39, 0.29) is 17.1 Å². The van der Waals surface area contributed by atoms with Gasteiger partial charge in [-0.3, -0.25) is 0 Å². The number of rotatable bonds is 4. The fraction of sp³-hybridized carbons (Fsp3) is 0.143. The predicted molar refractivity (Wildman–Crippen MR) is 73.4 cm³/mol. The summed E-state index contributed by atoms with van der Waals surface area (Å²) in [6.45, 7) is 0.00426. The molecule has 2 aromatic carbocycles. The number of hydrogen-bond donors (Lipinski definition) is 2. The summed E-state index contributed by atoms with van der Waals surface area (Å²) in [5.41, 5.74) is 5.75. The Labute approximate surface area is 119 Å². The zero-order valence-electron chi connectivity index (χ0n) is 10.3. The van der Waals surface area contributed by atoms with E-state index < -0.39 is 11.7 Å².